The van der Waals surface area contributed by atoms with Crippen molar-refractivity contribution in [2.24, 2.45) is 5.92 Å². The standard InChI is InChI=1S/C13H13F2N3O/c14-11-2-1-10(7-12(11)15)17-13(19)18-5-3-9(8-16)4-6-18/h1-2,7,9H,3-6H2,(H,17,19). The number of urea groups is 1. The van der Waals surface area contributed by atoms with E-state index in [0.29, 0.717) is 25.9 Å². The van der Waals surface area contributed by atoms with Gasteiger partial charge in [0.15, 0.2) is 11.6 Å². The van der Waals surface area contributed by atoms with Crippen molar-refractivity contribution in [3.05, 3.63) is 29.8 Å². The summed E-state index contributed by atoms with van der Waals surface area (Å²) in [6, 6.07) is 5.03. The van der Waals surface area contributed by atoms with Crippen molar-refractivity contribution >= 4 is 11.7 Å². The smallest absolute Gasteiger partial charge is 0.321 e. The Morgan fingerprint density at radius 3 is 2.58 bits per heavy atom. The Morgan fingerprint density at radius 2 is 2.00 bits per heavy atom. The van der Waals surface area contributed by atoms with Gasteiger partial charge in [-0.2, -0.15) is 5.26 Å². The molecule has 0 bridgehead atoms. The molecule has 0 unspecified atom stereocenters. The molecule has 1 heterocycles. The van der Waals surface area contributed by atoms with Crippen LogP contribution in [0, 0.1) is 28.9 Å². The summed E-state index contributed by atoms with van der Waals surface area (Å²) >= 11 is 0. The topological polar surface area (TPSA) is 56.1 Å². The van der Waals surface area contributed by atoms with Crippen LogP contribution >= 0.6 is 0 Å². The molecule has 1 aliphatic heterocycles. The number of anilines is 1. The van der Waals surface area contributed by atoms with Crippen LogP contribution in [0.15, 0.2) is 18.2 Å². The fourth-order valence-corrected chi connectivity index (χ4v) is 1.99. The Hall–Kier alpha value is -2.16. The maximum absolute atomic E-state index is 13.0. The molecule has 0 spiro atoms. The van der Waals surface area contributed by atoms with E-state index in [1.165, 1.54) is 6.07 Å². The quantitative estimate of drug-likeness (QED) is 0.848. The van der Waals surface area contributed by atoms with Crippen molar-refractivity contribution in [3.63, 3.8) is 0 Å². The number of carbonyl (C=O) groups excluding carboxylic acids is 1. The van der Waals surface area contributed by atoms with Gasteiger partial charge in [-0.15, -0.1) is 0 Å². The molecule has 1 fully saturated rings. The average Bonchev–Trinajstić information content (AvgIpc) is 2.43. The first-order chi connectivity index (χ1) is 9.10. The van der Waals surface area contributed by atoms with Crippen LogP contribution < -0.4 is 5.32 Å². The maximum atomic E-state index is 13.0. The number of piperidine rings is 1. The Labute approximate surface area is 109 Å². The second-order valence-electron chi connectivity index (χ2n) is 4.45. The van der Waals surface area contributed by atoms with Crippen LogP contribution in [0.3, 0.4) is 0 Å². The predicted octanol–water partition coefficient (Wildman–Crippen LogP) is 2.73. The number of halogens is 2. The van der Waals surface area contributed by atoms with Crippen LogP contribution in [0.4, 0.5) is 19.3 Å². The Balaban J connectivity index is 1.94. The normalized spacial score (nSPS) is 15.9. The summed E-state index contributed by atoms with van der Waals surface area (Å²) in [4.78, 5) is 13.4. The van der Waals surface area contributed by atoms with Gasteiger partial charge < -0.3 is 10.2 Å². The van der Waals surface area contributed by atoms with Crippen molar-refractivity contribution in [2.45, 2.75) is 12.8 Å². The fourth-order valence-electron chi connectivity index (χ4n) is 1.99. The summed E-state index contributed by atoms with van der Waals surface area (Å²) in [5, 5.41) is 11.3. The number of hydrogen-bond donors (Lipinski definition) is 1. The van der Waals surface area contributed by atoms with E-state index in [1.54, 1.807) is 4.90 Å². The lowest BCUT2D eigenvalue weighted by Crippen LogP contribution is -2.40. The molecule has 100 valence electrons. The Morgan fingerprint density at radius 1 is 1.32 bits per heavy atom. The van der Waals surface area contributed by atoms with E-state index in [0.717, 1.165) is 12.1 Å². The molecule has 2 amide bonds. The zero-order valence-electron chi connectivity index (χ0n) is 10.2. The van der Waals surface area contributed by atoms with Gasteiger partial charge in [0.1, 0.15) is 0 Å². The second kappa shape index (κ2) is 5.65. The lowest BCUT2D eigenvalue weighted by atomic mass is 9.99. The molecule has 6 heteroatoms. The largest absolute Gasteiger partial charge is 0.324 e. The average molecular weight is 265 g/mol. The van der Waals surface area contributed by atoms with Crippen molar-refractivity contribution in [3.8, 4) is 6.07 Å². The third-order valence-electron chi connectivity index (χ3n) is 3.14. The summed E-state index contributed by atoms with van der Waals surface area (Å²) in [6.45, 7) is 0.988. The molecule has 0 aliphatic carbocycles. The monoisotopic (exact) mass is 265 g/mol. The van der Waals surface area contributed by atoms with Gasteiger partial charge in [-0.1, -0.05) is 0 Å². The van der Waals surface area contributed by atoms with E-state index in [2.05, 4.69) is 11.4 Å². The molecule has 1 saturated heterocycles. The molecule has 1 aromatic rings. The summed E-state index contributed by atoms with van der Waals surface area (Å²) in [5.74, 6) is -1.96. The molecule has 2 rings (SSSR count). The lowest BCUT2D eigenvalue weighted by molar-refractivity contribution is 0.192. The number of likely N-dealkylation sites (tertiary alicyclic amines) is 1. The minimum absolute atomic E-state index is 0.00712. The highest BCUT2D eigenvalue weighted by Gasteiger charge is 2.22. The number of hydrogen-bond acceptors (Lipinski definition) is 2. The number of nitriles is 1. The van der Waals surface area contributed by atoms with Crippen molar-refractivity contribution in [1.82, 2.24) is 4.90 Å². The molecule has 4 nitrogen and oxygen atoms in total. The highest BCUT2D eigenvalue weighted by atomic mass is 19.2. The first kappa shape index (κ1) is 13.3. The Bertz CT molecular complexity index is 519. The van der Waals surface area contributed by atoms with Gasteiger partial charge in [0.25, 0.3) is 0 Å². The van der Waals surface area contributed by atoms with E-state index in [4.69, 9.17) is 5.26 Å². The van der Waals surface area contributed by atoms with Gasteiger partial charge in [-0.05, 0) is 25.0 Å². The second-order valence-corrected chi connectivity index (χ2v) is 4.45. The number of benzene rings is 1. The zero-order valence-corrected chi connectivity index (χ0v) is 10.2. The molecule has 19 heavy (non-hydrogen) atoms. The van der Waals surface area contributed by atoms with Crippen molar-refractivity contribution in [1.29, 1.82) is 5.26 Å². The highest BCUT2D eigenvalue weighted by Crippen LogP contribution is 2.18. The minimum Gasteiger partial charge on any atom is -0.324 e. The Kier molecular flexibility index (Phi) is 3.95. The van der Waals surface area contributed by atoms with Crippen molar-refractivity contribution in [2.75, 3.05) is 18.4 Å². The molecule has 0 radical (unpaired) electrons. The zero-order chi connectivity index (χ0) is 13.8. The third kappa shape index (κ3) is 3.19. The summed E-state index contributed by atoms with van der Waals surface area (Å²) in [7, 11) is 0. The predicted molar refractivity (Wildman–Crippen MR) is 65.3 cm³/mol. The van der Waals surface area contributed by atoms with Gasteiger partial charge in [-0.3, -0.25) is 0 Å². The third-order valence-corrected chi connectivity index (χ3v) is 3.14. The van der Waals surface area contributed by atoms with Crippen LogP contribution in [0.1, 0.15) is 12.8 Å². The number of nitrogens with zero attached hydrogens (tertiary/aromatic N) is 2. The minimum atomic E-state index is -0.999. The number of amides is 2. The molecule has 0 atom stereocenters. The molecule has 1 N–H and O–H groups in total. The summed E-state index contributed by atoms with van der Waals surface area (Å²) in [5.41, 5.74) is 0.214. The van der Waals surface area contributed by atoms with Crippen LogP contribution in [0.2, 0.25) is 0 Å². The van der Waals surface area contributed by atoms with Crippen LogP contribution in [-0.4, -0.2) is 24.0 Å². The lowest BCUT2D eigenvalue weighted by Gasteiger charge is -2.29. The highest BCUT2D eigenvalue weighted by molar-refractivity contribution is 5.89. The molecular weight excluding hydrogens is 252 g/mol. The SMILES string of the molecule is N#CC1CCN(C(=O)Nc2ccc(F)c(F)c2)CC1. The van der Waals surface area contributed by atoms with Gasteiger partial charge in [0, 0.05) is 30.8 Å². The molecule has 0 aromatic heterocycles. The maximum Gasteiger partial charge on any atom is 0.321 e. The van der Waals surface area contributed by atoms with Gasteiger partial charge >= 0.3 is 6.03 Å². The van der Waals surface area contributed by atoms with E-state index in [1.807, 2.05) is 0 Å². The summed E-state index contributed by atoms with van der Waals surface area (Å²) in [6.07, 6.45) is 1.28. The van der Waals surface area contributed by atoms with E-state index < -0.39 is 11.6 Å². The first-order valence-corrected chi connectivity index (χ1v) is 6.00. The number of rotatable bonds is 1. The number of nitrogens with one attached hydrogen (secondary N) is 1. The molecule has 0 saturated carbocycles. The van der Waals surface area contributed by atoms with Crippen LogP contribution in [0.5, 0.6) is 0 Å². The summed E-state index contributed by atoms with van der Waals surface area (Å²) < 4.78 is 25.7. The molecule has 1 aliphatic rings. The molecule has 1 aromatic carbocycles. The van der Waals surface area contributed by atoms with E-state index >= 15 is 0 Å². The van der Waals surface area contributed by atoms with Gasteiger partial charge in [-0.25, -0.2) is 13.6 Å². The number of carbonyl (C=O) groups is 1. The molecular formula is C13H13F2N3O. The van der Waals surface area contributed by atoms with Crippen LogP contribution in [-0.2, 0) is 0 Å². The van der Waals surface area contributed by atoms with Gasteiger partial charge in [0.05, 0.1) is 6.07 Å². The van der Waals surface area contributed by atoms with E-state index in [-0.39, 0.29) is 17.6 Å². The van der Waals surface area contributed by atoms with Crippen LogP contribution in [0.25, 0.3) is 0 Å². The first-order valence-electron chi connectivity index (χ1n) is 6.00. The van der Waals surface area contributed by atoms with Gasteiger partial charge in [0.2, 0.25) is 0 Å². The fraction of sp³-hybridized carbons (Fsp3) is 0.385. The van der Waals surface area contributed by atoms with Crippen molar-refractivity contribution < 1.29 is 13.6 Å². The van der Waals surface area contributed by atoms with E-state index in [9.17, 15) is 13.6 Å².